The van der Waals surface area contributed by atoms with Crippen molar-refractivity contribution < 1.29 is 14.2 Å². The maximum atomic E-state index is 6.53. The van der Waals surface area contributed by atoms with Crippen molar-refractivity contribution in [3.63, 3.8) is 0 Å². The molecule has 5 heteroatoms. The number of ether oxygens (including phenoxy) is 3. The van der Waals surface area contributed by atoms with Crippen LogP contribution in [0.3, 0.4) is 0 Å². The molecule has 2 heterocycles. The Bertz CT molecular complexity index is 932. The Kier molecular flexibility index (Phi) is 4.59. The van der Waals surface area contributed by atoms with Crippen molar-refractivity contribution >= 4 is 15.9 Å². The molecular formula is C23H19BrNO3. The number of morpholine rings is 1. The van der Waals surface area contributed by atoms with Gasteiger partial charge in [-0.15, -0.1) is 0 Å². The van der Waals surface area contributed by atoms with Crippen molar-refractivity contribution in [3.8, 4) is 11.5 Å². The minimum absolute atomic E-state index is 0.000440. The Labute approximate surface area is 172 Å². The normalized spacial score (nSPS) is 20.1. The van der Waals surface area contributed by atoms with Crippen molar-refractivity contribution in [3.05, 3.63) is 94.0 Å². The fourth-order valence-electron chi connectivity index (χ4n) is 3.72. The fraction of sp³-hybridized carbons (Fsp3) is 0.217. The Morgan fingerprint density at radius 2 is 1.46 bits per heavy atom. The summed E-state index contributed by atoms with van der Waals surface area (Å²) >= 11 is 3.68. The van der Waals surface area contributed by atoms with Crippen LogP contribution in [-0.4, -0.2) is 19.8 Å². The number of hydrogen-bond acceptors (Lipinski definition) is 3. The van der Waals surface area contributed by atoms with Gasteiger partial charge in [0.2, 0.25) is 0 Å². The quantitative estimate of drug-likeness (QED) is 0.592. The van der Waals surface area contributed by atoms with Crippen molar-refractivity contribution in [2.24, 2.45) is 0 Å². The smallest absolute Gasteiger partial charge is 0.305 e. The zero-order valence-electron chi connectivity index (χ0n) is 15.2. The molecule has 3 aromatic rings. The lowest BCUT2D eigenvalue weighted by atomic mass is 9.97. The van der Waals surface area contributed by atoms with Gasteiger partial charge >= 0.3 is 5.79 Å². The van der Waals surface area contributed by atoms with Crippen molar-refractivity contribution in [1.29, 1.82) is 0 Å². The summed E-state index contributed by atoms with van der Waals surface area (Å²) in [4.78, 5) is 0. The van der Waals surface area contributed by atoms with E-state index in [2.05, 4.69) is 21.2 Å². The van der Waals surface area contributed by atoms with Gasteiger partial charge in [0.25, 0.3) is 0 Å². The highest BCUT2D eigenvalue weighted by Crippen LogP contribution is 2.50. The molecular weight excluding hydrogens is 418 g/mol. The Morgan fingerprint density at radius 3 is 2.04 bits per heavy atom. The van der Waals surface area contributed by atoms with Crippen LogP contribution in [-0.2, 0) is 10.5 Å². The highest BCUT2D eigenvalue weighted by atomic mass is 79.9. The summed E-state index contributed by atoms with van der Waals surface area (Å²) in [5.41, 5.74) is 2.94. The van der Waals surface area contributed by atoms with Gasteiger partial charge in [-0.1, -0.05) is 76.6 Å². The predicted octanol–water partition coefficient (Wildman–Crippen LogP) is 4.80. The van der Waals surface area contributed by atoms with Gasteiger partial charge in [-0.05, 0) is 17.7 Å². The average molecular weight is 437 g/mol. The first-order chi connectivity index (χ1) is 13.8. The zero-order valence-corrected chi connectivity index (χ0v) is 16.8. The largest absolute Gasteiger partial charge is 0.440 e. The third kappa shape index (κ3) is 3.00. The Hall–Kier alpha value is -2.34. The summed E-state index contributed by atoms with van der Waals surface area (Å²) in [6.07, 6.45) is 0. The molecule has 0 aliphatic carbocycles. The molecule has 1 saturated heterocycles. The summed E-state index contributed by atoms with van der Waals surface area (Å²) in [6.45, 7) is 1.98. The number of halogens is 1. The van der Waals surface area contributed by atoms with E-state index in [1.54, 1.807) is 0 Å². The monoisotopic (exact) mass is 436 g/mol. The van der Waals surface area contributed by atoms with Crippen molar-refractivity contribution in [2.45, 2.75) is 11.8 Å². The van der Waals surface area contributed by atoms with Gasteiger partial charge in [-0.25, -0.2) is 5.32 Å². The predicted molar refractivity (Wildman–Crippen MR) is 110 cm³/mol. The van der Waals surface area contributed by atoms with Crippen LogP contribution in [0.5, 0.6) is 11.5 Å². The van der Waals surface area contributed by atoms with Crippen LogP contribution >= 0.6 is 15.9 Å². The van der Waals surface area contributed by atoms with Gasteiger partial charge in [0.1, 0.15) is 0 Å². The molecule has 3 aromatic carbocycles. The van der Waals surface area contributed by atoms with E-state index in [9.17, 15) is 0 Å². The highest BCUT2D eigenvalue weighted by Gasteiger charge is 2.45. The highest BCUT2D eigenvalue weighted by molar-refractivity contribution is 9.10. The van der Waals surface area contributed by atoms with E-state index in [1.807, 2.05) is 72.8 Å². The molecule has 0 amide bonds. The molecule has 2 aliphatic rings. The molecule has 4 nitrogen and oxygen atoms in total. The van der Waals surface area contributed by atoms with Crippen LogP contribution in [0, 0.1) is 0 Å². The Morgan fingerprint density at radius 1 is 0.857 bits per heavy atom. The van der Waals surface area contributed by atoms with Crippen molar-refractivity contribution in [1.82, 2.24) is 5.32 Å². The molecule has 0 saturated carbocycles. The zero-order chi connectivity index (χ0) is 19.0. The molecule has 1 fully saturated rings. The summed E-state index contributed by atoms with van der Waals surface area (Å²) in [5.74, 6) is 0.412. The second-order valence-electron chi connectivity index (χ2n) is 6.87. The summed E-state index contributed by atoms with van der Waals surface area (Å²) < 4.78 is 19.6. The van der Waals surface area contributed by atoms with E-state index in [1.165, 1.54) is 0 Å². The third-order valence-corrected chi connectivity index (χ3v) is 5.78. The van der Waals surface area contributed by atoms with Crippen LogP contribution in [0.2, 0.25) is 0 Å². The van der Waals surface area contributed by atoms with E-state index in [0.717, 1.165) is 21.2 Å². The third-order valence-electron chi connectivity index (χ3n) is 5.10. The topological polar surface area (TPSA) is 41.8 Å². The number of fused-ring (bicyclic) bond motifs is 1. The summed E-state index contributed by atoms with van der Waals surface area (Å²) in [6, 6.07) is 24.1. The van der Waals surface area contributed by atoms with Gasteiger partial charge in [-0.2, -0.15) is 0 Å². The number of nitrogens with zero attached hydrogens (tertiary/aromatic N) is 1. The van der Waals surface area contributed by atoms with E-state index in [4.69, 9.17) is 14.2 Å². The van der Waals surface area contributed by atoms with E-state index >= 15 is 0 Å². The van der Waals surface area contributed by atoms with Gasteiger partial charge in [0, 0.05) is 22.1 Å². The molecule has 1 unspecified atom stereocenters. The second-order valence-corrected chi connectivity index (χ2v) is 7.72. The molecule has 2 aliphatic heterocycles. The number of rotatable bonds is 3. The lowest BCUT2D eigenvalue weighted by Gasteiger charge is -2.28. The molecule has 0 N–H and O–H groups in total. The summed E-state index contributed by atoms with van der Waals surface area (Å²) in [7, 11) is 0. The van der Waals surface area contributed by atoms with Gasteiger partial charge in [-0.3, -0.25) is 0 Å². The van der Waals surface area contributed by atoms with Gasteiger partial charge < -0.3 is 14.2 Å². The van der Waals surface area contributed by atoms with Gasteiger partial charge in [0.15, 0.2) is 11.5 Å². The standard InChI is InChI=1S/C23H19BrNO3/c24-19-14-22-21(13-18(19)20-15-26-12-11-25-20)27-23(28-22,16-7-3-1-4-8-16)17-9-5-2-6-10-17/h1-10,13-14,20H,11-12,15H2. The second kappa shape index (κ2) is 7.24. The molecule has 141 valence electrons. The lowest BCUT2D eigenvalue weighted by molar-refractivity contribution is -0.0459. The molecule has 1 radical (unpaired) electrons. The first-order valence-corrected chi connectivity index (χ1v) is 10.1. The van der Waals surface area contributed by atoms with Crippen molar-refractivity contribution in [2.75, 3.05) is 19.8 Å². The maximum absolute atomic E-state index is 6.53. The molecule has 1 atom stereocenters. The first kappa shape index (κ1) is 17.7. The first-order valence-electron chi connectivity index (χ1n) is 9.33. The number of hydrogen-bond donors (Lipinski definition) is 0. The van der Waals surface area contributed by atoms with E-state index < -0.39 is 5.79 Å². The molecule has 28 heavy (non-hydrogen) atoms. The molecule has 0 spiro atoms. The van der Waals surface area contributed by atoms with Crippen LogP contribution in [0.4, 0.5) is 0 Å². The fourth-order valence-corrected chi connectivity index (χ4v) is 4.31. The van der Waals surface area contributed by atoms with Gasteiger partial charge in [0.05, 0.1) is 19.3 Å². The molecule has 0 bridgehead atoms. The average Bonchev–Trinajstić information content (AvgIpc) is 3.14. The summed E-state index contributed by atoms with van der Waals surface area (Å²) in [5, 5.41) is 4.69. The molecule has 5 rings (SSSR count). The minimum atomic E-state index is -1.01. The number of benzene rings is 3. The minimum Gasteiger partial charge on any atom is -0.440 e. The molecule has 0 aromatic heterocycles. The van der Waals surface area contributed by atoms with Crippen LogP contribution < -0.4 is 14.8 Å². The SMILES string of the molecule is Brc1cc2c(cc1C1COCC[N]1)OC(c1ccccc1)(c1ccccc1)O2. The van der Waals surface area contributed by atoms with Crippen LogP contribution in [0.15, 0.2) is 77.3 Å². The van der Waals surface area contributed by atoms with Crippen LogP contribution in [0.1, 0.15) is 22.7 Å². The van der Waals surface area contributed by atoms with E-state index in [-0.39, 0.29) is 6.04 Å². The van der Waals surface area contributed by atoms with Crippen LogP contribution in [0.25, 0.3) is 0 Å². The lowest BCUT2D eigenvalue weighted by Crippen LogP contribution is -2.36. The maximum Gasteiger partial charge on any atom is 0.305 e. The Balaban J connectivity index is 1.59. The van der Waals surface area contributed by atoms with E-state index in [0.29, 0.717) is 31.3 Å².